The lowest BCUT2D eigenvalue weighted by Crippen LogP contribution is -2.49. The number of nitrogens with zero attached hydrogens (tertiary/aromatic N) is 2. The zero-order valence-corrected chi connectivity index (χ0v) is 20.6. The number of aryl methyl sites for hydroxylation is 1. The Kier molecular flexibility index (Phi) is 7.66. The fourth-order valence-electron chi connectivity index (χ4n) is 3.82. The van der Waals surface area contributed by atoms with Gasteiger partial charge in [0.15, 0.2) is 5.75 Å². The predicted octanol–water partition coefficient (Wildman–Crippen LogP) is 2.58. The molecule has 2 N–H and O–H groups in total. The molecule has 0 bridgehead atoms. The van der Waals surface area contributed by atoms with Gasteiger partial charge < -0.3 is 19.6 Å². The van der Waals surface area contributed by atoms with E-state index >= 15 is 0 Å². The molecule has 0 aromatic heterocycles. The van der Waals surface area contributed by atoms with Crippen LogP contribution in [0.25, 0.3) is 0 Å². The van der Waals surface area contributed by atoms with Gasteiger partial charge in [0.25, 0.3) is 15.9 Å². The van der Waals surface area contributed by atoms with E-state index in [-0.39, 0.29) is 52.5 Å². The topological polar surface area (TPSA) is 99.2 Å². The summed E-state index contributed by atoms with van der Waals surface area (Å²) in [6.07, 6.45) is -0.301. The van der Waals surface area contributed by atoms with Crippen molar-refractivity contribution in [2.75, 3.05) is 38.5 Å². The number of aliphatic hydroxyl groups is 1. The van der Waals surface area contributed by atoms with Gasteiger partial charge in [0, 0.05) is 19.0 Å². The number of rotatable bonds is 7. The number of ether oxygens (including phenoxy) is 1. The molecule has 0 aliphatic carbocycles. The Bertz CT molecular complexity index is 1090. The summed E-state index contributed by atoms with van der Waals surface area (Å²) in [7, 11) is -0.0328. The quantitative estimate of drug-likeness (QED) is 0.639. The second kappa shape index (κ2) is 10.1. The van der Waals surface area contributed by atoms with Crippen molar-refractivity contribution in [2.45, 2.75) is 37.8 Å². The van der Waals surface area contributed by atoms with Crippen molar-refractivity contribution in [1.29, 1.82) is 0 Å². The van der Waals surface area contributed by atoms with Crippen molar-refractivity contribution in [3.63, 3.8) is 0 Å². The van der Waals surface area contributed by atoms with Crippen LogP contribution < -0.4 is 9.46 Å². The normalized spacial score (nSPS) is 20.0. The van der Waals surface area contributed by atoms with Gasteiger partial charge in [-0.1, -0.05) is 30.7 Å². The van der Waals surface area contributed by atoms with Gasteiger partial charge in [-0.25, -0.2) is 8.42 Å². The minimum Gasteiger partial charge on any atom is -0.486 e. The maximum absolute atomic E-state index is 13.4. The molecule has 3 atom stereocenters. The number of para-hydroxylation sites is 1. The highest BCUT2D eigenvalue weighted by Crippen LogP contribution is 2.36. The lowest BCUT2D eigenvalue weighted by atomic mass is 9.99. The van der Waals surface area contributed by atoms with Crippen molar-refractivity contribution in [2.24, 2.45) is 5.92 Å². The van der Waals surface area contributed by atoms with E-state index in [1.807, 2.05) is 32.8 Å². The Morgan fingerprint density at radius 2 is 1.88 bits per heavy atom. The fraction of sp³-hybridized carbons (Fsp3) is 0.458. The number of carbonyl (C=O) groups excluding carboxylic acids is 1. The molecule has 3 rings (SSSR count). The Hall–Kier alpha value is -2.62. The van der Waals surface area contributed by atoms with Crippen molar-refractivity contribution in [3.8, 4) is 5.75 Å². The summed E-state index contributed by atoms with van der Waals surface area (Å²) >= 11 is 0. The van der Waals surface area contributed by atoms with Crippen LogP contribution in [0, 0.1) is 12.8 Å². The first kappa shape index (κ1) is 25.0. The number of anilines is 1. The van der Waals surface area contributed by atoms with Gasteiger partial charge in [0.1, 0.15) is 6.10 Å². The first-order valence-electron chi connectivity index (χ1n) is 11.0. The zero-order chi connectivity index (χ0) is 24.3. The molecule has 0 spiro atoms. The molecule has 1 aliphatic heterocycles. The minimum absolute atomic E-state index is 0.0553. The minimum atomic E-state index is -3.90. The summed E-state index contributed by atoms with van der Waals surface area (Å²) in [5.41, 5.74) is 1.41. The molecule has 0 saturated heterocycles. The average Bonchev–Trinajstić information content (AvgIpc) is 2.76. The number of fused-ring (bicyclic) bond motifs is 1. The van der Waals surface area contributed by atoms with Crippen LogP contribution in [0.15, 0.2) is 47.4 Å². The van der Waals surface area contributed by atoms with E-state index in [0.717, 1.165) is 5.56 Å². The van der Waals surface area contributed by atoms with E-state index in [2.05, 4.69) is 4.72 Å². The SMILES string of the molecule is Cc1ccc(S(=O)(=O)Nc2cccc3c2O[C@H](CN(C)C)[C@@H](C)CN([C@@H](C)CO)C3=O)cc1. The summed E-state index contributed by atoms with van der Waals surface area (Å²) in [6, 6.07) is 11.0. The van der Waals surface area contributed by atoms with Crippen molar-refractivity contribution in [1.82, 2.24) is 9.80 Å². The number of amides is 1. The van der Waals surface area contributed by atoms with Gasteiger partial charge in [0.05, 0.1) is 28.8 Å². The highest BCUT2D eigenvalue weighted by Gasteiger charge is 2.34. The molecular formula is C24H33N3O5S. The maximum atomic E-state index is 13.4. The molecule has 180 valence electrons. The summed E-state index contributed by atoms with van der Waals surface area (Å²) in [5.74, 6) is -0.162. The Morgan fingerprint density at radius 3 is 2.48 bits per heavy atom. The van der Waals surface area contributed by atoms with Crippen LogP contribution in [0.4, 0.5) is 5.69 Å². The van der Waals surface area contributed by atoms with E-state index in [1.165, 1.54) is 12.1 Å². The Balaban J connectivity index is 2.09. The number of hydrogen-bond acceptors (Lipinski definition) is 6. The number of benzene rings is 2. The fourth-order valence-corrected chi connectivity index (χ4v) is 4.89. The molecule has 1 amide bonds. The summed E-state index contributed by atoms with van der Waals surface area (Å²) in [4.78, 5) is 17.2. The maximum Gasteiger partial charge on any atom is 0.262 e. The molecule has 1 aliphatic rings. The molecule has 0 saturated carbocycles. The smallest absolute Gasteiger partial charge is 0.262 e. The van der Waals surface area contributed by atoms with Crippen LogP contribution in [-0.2, 0) is 10.0 Å². The third-order valence-corrected chi connectivity index (χ3v) is 7.19. The summed E-state index contributed by atoms with van der Waals surface area (Å²) < 4.78 is 35.1. The number of nitrogens with one attached hydrogen (secondary N) is 1. The third-order valence-electron chi connectivity index (χ3n) is 5.81. The second-order valence-corrected chi connectivity index (χ2v) is 10.7. The number of carbonyl (C=O) groups is 1. The van der Waals surface area contributed by atoms with Gasteiger partial charge >= 0.3 is 0 Å². The lowest BCUT2D eigenvalue weighted by molar-refractivity contribution is 0.0366. The first-order chi connectivity index (χ1) is 15.5. The van der Waals surface area contributed by atoms with Gasteiger partial charge in [-0.3, -0.25) is 9.52 Å². The zero-order valence-electron chi connectivity index (χ0n) is 19.8. The molecule has 2 aromatic carbocycles. The van der Waals surface area contributed by atoms with Crippen LogP contribution in [0.1, 0.15) is 29.8 Å². The standard InChI is InChI=1S/C24H33N3O5S/c1-16-9-11-19(12-10-16)33(30,31)25-21-8-6-7-20-23(21)32-22(14-26(4)5)17(2)13-27(24(20)29)18(3)15-28/h6-12,17-18,22,25,28H,13-15H2,1-5H3/t17-,18-,22+/m0/s1. The van der Waals surface area contributed by atoms with Crippen LogP contribution in [0.5, 0.6) is 5.75 Å². The molecule has 9 heteroatoms. The number of aliphatic hydroxyl groups excluding tert-OH is 1. The predicted molar refractivity (Wildman–Crippen MR) is 128 cm³/mol. The lowest BCUT2D eigenvalue weighted by Gasteiger charge is -2.38. The summed E-state index contributed by atoms with van der Waals surface area (Å²) in [5, 5.41) is 9.74. The molecule has 33 heavy (non-hydrogen) atoms. The van der Waals surface area contributed by atoms with E-state index in [9.17, 15) is 18.3 Å². The van der Waals surface area contributed by atoms with E-state index in [4.69, 9.17) is 4.74 Å². The third kappa shape index (κ3) is 5.66. The molecular weight excluding hydrogens is 442 g/mol. The monoisotopic (exact) mass is 475 g/mol. The Morgan fingerprint density at radius 1 is 1.21 bits per heavy atom. The molecule has 2 aromatic rings. The van der Waals surface area contributed by atoms with Crippen molar-refractivity contribution < 1.29 is 23.1 Å². The van der Waals surface area contributed by atoms with Crippen LogP contribution in [-0.4, -0.2) is 75.2 Å². The van der Waals surface area contributed by atoms with Crippen LogP contribution >= 0.6 is 0 Å². The van der Waals surface area contributed by atoms with E-state index in [0.29, 0.717) is 13.1 Å². The summed E-state index contributed by atoms with van der Waals surface area (Å²) in [6.45, 7) is 6.48. The van der Waals surface area contributed by atoms with Crippen molar-refractivity contribution in [3.05, 3.63) is 53.6 Å². The number of sulfonamides is 1. The highest BCUT2D eigenvalue weighted by molar-refractivity contribution is 7.92. The second-order valence-electron chi connectivity index (χ2n) is 8.99. The van der Waals surface area contributed by atoms with Crippen LogP contribution in [0.3, 0.4) is 0 Å². The molecule has 1 heterocycles. The van der Waals surface area contributed by atoms with E-state index < -0.39 is 10.0 Å². The van der Waals surface area contributed by atoms with Gasteiger partial charge in [-0.2, -0.15) is 0 Å². The van der Waals surface area contributed by atoms with Gasteiger partial charge in [-0.05, 0) is 52.2 Å². The first-order valence-corrected chi connectivity index (χ1v) is 12.5. The number of hydrogen-bond donors (Lipinski definition) is 2. The average molecular weight is 476 g/mol. The largest absolute Gasteiger partial charge is 0.486 e. The van der Waals surface area contributed by atoms with Gasteiger partial charge in [-0.15, -0.1) is 0 Å². The molecule has 0 unspecified atom stereocenters. The van der Waals surface area contributed by atoms with E-state index in [1.54, 1.807) is 42.2 Å². The van der Waals surface area contributed by atoms with Gasteiger partial charge in [0.2, 0.25) is 0 Å². The highest BCUT2D eigenvalue weighted by atomic mass is 32.2. The van der Waals surface area contributed by atoms with Crippen LogP contribution in [0.2, 0.25) is 0 Å². The molecule has 0 radical (unpaired) electrons. The Labute approximate surface area is 196 Å². The van der Waals surface area contributed by atoms with Crippen molar-refractivity contribution >= 4 is 21.6 Å². The molecule has 0 fully saturated rings. The number of likely N-dealkylation sites (N-methyl/N-ethyl adjacent to an activating group) is 1. The molecule has 8 nitrogen and oxygen atoms in total.